The first-order valence-corrected chi connectivity index (χ1v) is 9.57. The number of thiazole rings is 1. The van der Waals surface area contributed by atoms with E-state index in [9.17, 15) is 9.18 Å². The summed E-state index contributed by atoms with van der Waals surface area (Å²) in [7, 11) is 0. The Morgan fingerprint density at radius 2 is 1.79 bits per heavy atom. The van der Waals surface area contributed by atoms with Crippen molar-refractivity contribution < 1.29 is 13.6 Å². The van der Waals surface area contributed by atoms with Crippen molar-refractivity contribution in [2.45, 2.75) is 13.8 Å². The maximum absolute atomic E-state index is 13.2. The van der Waals surface area contributed by atoms with Crippen LogP contribution in [0.3, 0.4) is 0 Å². The van der Waals surface area contributed by atoms with Crippen molar-refractivity contribution >= 4 is 28.1 Å². The molecule has 0 saturated carbocycles. The number of aromatic nitrogens is 1. The van der Waals surface area contributed by atoms with Crippen LogP contribution in [-0.2, 0) is 0 Å². The van der Waals surface area contributed by atoms with Gasteiger partial charge in [-0.15, -0.1) is 11.3 Å². The fourth-order valence-electron chi connectivity index (χ4n) is 3.02. The normalized spacial score (nSPS) is 10.8. The first-order valence-electron chi connectivity index (χ1n) is 8.69. The fourth-order valence-corrected chi connectivity index (χ4v) is 3.88. The Hall–Kier alpha value is -3.25. The van der Waals surface area contributed by atoms with Crippen LogP contribution in [-0.4, -0.2) is 10.9 Å². The highest BCUT2D eigenvalue weighted by atomic mass is 32.1. The molecule has 0 saturated heterocycles. The molecule has 4 nitrogen and oxygen atoms in total. The van der Waals surface area contributed by atoms with E-state index in [4.69, 9.17) is 4.42 Å². The molecule has 0 spiro atoms. The van der Waals surface area contributed by atoms with Crippen molar-refractivity contribution in [2.24, 2.45) is 0 Å². The van der Waals surface area contributed by atoms with Gasteiger partial charge in [0.2, 0.25) is 0 Å². The molecular formula is C22H17FN2O2S. The zero-order valence-electron chi connectivity index (χ0n) is 15.3. The third kappa shape index (κ3) is 3.59. The molecule has 1 amide bonds. The topological polar surface area (TPSA) is 46.3 Å². The summed E-state index contributed by atoms with van der Waals surface area (Å²) < 4.78 is 18.5. The molecule has 0 N–H and O–H groups in total. The molecule has 2 aromatic carbocycles. The zero-order chi connectivity index (χ0) is 19.7. The lowest BCUT2D eigenvalue weighted by Gasteiger charge is -2.20. The van der Waals surface area contributed by atoms with E-state index in [1.165, 1.54) is 29.7 Å². The molecule has 2 heterocycles. The molecule has 4 aromatic rings. The van der Waals surface area contributed by atoms with Gasteiger partial charge < -0.3 is 4.42 Å². The van der Waals surface area contributed by atoms with Gasteiger partial charge >= 0.3 is 0 Å². The lowest BCUT2D eigenvalue weighted by atomic mass is 10.1. The summed E-state index contributed by atoms with van der Waals surface area (Å²) in [5.74, 6) is -0.364. The lowest BCUT2D eigenvalue weighted by Crippen LogP contribution is -2.25. The van der Waals surface area contributed by atoms with Crippen molar-refractivity contribution in [3.05, 3.63) is 88.9 Å². The van der Waals surface area contributed by atoms with Gasteiger partial charge in [0, 0.05) is 10.9 Å². The highest BCUT2D eigenvalue weighted by molar-refractivity contribution is 7.14. The molecular weight excluding hydrogens is 375 g/mol. The summed E-state index contributed by atoms with van der Waals surface area (Å²) in [6.07, 6.45) is 1.47. The minimum Gasteiger partial charge on any atom is -0.459 e. The Balaban J connectivity index is 1.79. The van der Waals surface area contributed by atoms with E-state index in [2.05, 4.69) is 4.98 Å². The average molecular weight is 392 g/mol. The monoisotopic (exact) mass is 392 g/mol. The number of hydrogen-bond acceptors (Lipinski definition) is 4. The minimum absolute atomic E-state index is 0.234. The predicted octanol–water partition coefficient (Wildman–Crippen LogP) is 6.14. The maximum Gasteiger partial charge on any atom is 0.300 e. The Morgan fingerprint density at radius 3 is 2.43 bits per heavy atom. The van der Waals surface area contributed by atoms with Gasteiger partial charge in [0.15, 0.2) is 10.9 Å². The Bertz CT molecular complexity index is 1100. The second-order valence-corrected chi connectivity index (χ2v) is 7.32. The number of carbonyl (C=O) groups is 1. The molecule has 0 unspecified atom stereocenters. The molecule has 2 aromatic heterocycles. The van der Waals surface area contributed by atoms with E-state index < -0.39 is 0 Å². The lowest BCUT2D eigenvalue weighted by molar-refractivity contribution is 0.0973. The van der Waals surface area contributed by atoms with Crippen LogP contribution in [0.5, 0.6) is 0 Å². The SMILES string of the molecule is Cc1cc(C)cc(N(C(=O)c2ccco2)c2nc(-c3ccc(F)cc3)cs2)c1. The highest BCUT2D eigenvalue weighted by Gasteiger charge is 2.25. The summed E-state index contributed by atoms with van der Waals surface area (Å²) in [6, 6.07) is 15.4. The first-order chi connectivity index (χ1) is 13.5. The van der Waals surface area contributed by atoms with Crippen LogP contribution in [0.2, 0.25) is 0 Å². The molecule has 28 heavy (non-hydrogen) atoms. The minimum atomic E-state index is -0.302. The third-order valence-corrected chi connectivity index (χ3v) is 5.05. The third-order valence-electron chi connectivity index (χ3n) is 4.22. The number of amides is 1. The van der Waals surface area contributed by atoms with Crippen LogP contribution in [0, 0.1) is 19.7 Å². The number of halogens is 1. The molecule has 0 fully saturated rings. The van der Waals surface area contributed by atoms with Gasteiger partial charge in [-0.3, -0.25) is 4.79 Å². The number of furan rings is 1. The molecule has 0 radical (unpaired) electrons. The van der Waals surface area contributed by atoms with E-state index in [0.717, 1.165) is 22.4 Å². The van der Waals surface area contributed by atoms with Crippen LogP contribution in [0.4, 0.5) is 15.2 Å². The average Bonchev–Trinajstić information content (AvgIpc) is 3.34. The highest BCUT2D eigenvalue weighted by Crippen LogP contribution is 2.34. The summed E-state index contributed by atoms with van der Waals surface area (Å²) in [5, 5.41) is 2.37. The molecule has 0 atom stereocenters. The summed E-state index contributed by atoms with van der Waals surface area (Å²) in [6.45, 7) is 3.97. The van der Waals surface area contributed by atoms with Gasteiger partial charge in [-0.05, 0) is 73.5 Å². The van der Waals surface area contributed by atoms with Crippen molar-refractivity contribution in [2.75, 3.05) is 4.90 Å². The zero-order valence-corrected chi connectivity index (χ0v) is 16.2. The van der Waals surface area contributed by atoms with Crippen LogP contribution < -0.4 is 4.90 Å². The Labute approximate surface area is 165 Å². The summed E-state index contributed by atoms with van der Waals surface area (Å²) in [5.41, 5.74) is 4.28. The largest absolute Gasteiger partial charge is 0.459 e. The number of carbonyl (C=O) groups excluding carboxylic acids is 1. The maximum atomic E-state index is 13.2. The number of benzene rings is 2. The van der Waals surface area contributed by atoms with Gasteiger partial charge in [0.05, 0.1) is 17.6 Å². The van der Waals surface area contributed by atoms with E-state index >= 15 is 0 Å². The van der Waals surface area contributed by atoms with Crippen molar-refractivity contribution in [1.29, 1.82) is 0 Å². The van der Waals surface area contributed by atoms with Crippen LogP contribution in [0.25, 0.3) is 11.3 Å². The van der Waals surface area contributed by atoms with Crippen LogP contribution >= 0.6 is 11.3 Å². The van der Waals surface area contributed by atoms with E-state index in [0.29, 0.717) is 10.8 Å². The molecule has 140 valence electrons. The van der Waals surface area contributed by atoms with Crippen LogP contribution in [0.15, 0.2) is 70.7 Å². The smallest absolute Gasteiger partial charge is 0.300 e. The predicted molar refractivity (Wildman–Crippen MR) is 109 cm³/mol. The van der Waals surface area contributed by atoms with Gasteiger partial charge in [-0.25, -0.2) is 14.3 Å². The molecule has 6 heteroatoms. The number of anilines is 2. The number of hydrogen-bond donors (Lipinski definition) is 0. The number of aryl methyl sites for hydroxylation is 2. The molecule has 0 aliphatic carbocycles. The molecule has 0 bridgehead atoms. The molecule has 0 aliphatic rings. The van der Waals surface area contributed by atoms with Crippen molar-refractivity contribution in [1.82, 2.24) is 4.98 Å². The van der Waals surface area contributed by atoms with E-state index in [-0.39, 0.29) is 17.5 Å². The molecule has 4 rings (SSSR count). The second kappa shape index (κ2) is 7.40. The van der Waals surface area contributed by atoms with E-state index in [1.54, 1.807) is 29.2 Å². The van der Waals surface area contributed by atoms with Crippen molar-refractivity contribution in [3.8, 4) is 11.3 Å². The molecule has 0 aliphatic heterocycles. The van der Waals surface area contributed by atoms with Crippen molar-refractivity contribution in [3.63, 3.8) is 0 Å². The summed E-state index contributed by atoms with van der Waals surface area (Å²) in [4.78, 5) is 19.4. The summed E-state index contributed by atoms with van der Waals surface area (Å²) >= 11 is 1.35. The second-order valence-electron chi connectivity index (χ2n) is 6.49. The Morgan fingerprint density at radius 1 is 1.07 bits per heavy atom. The van der Waals surface area contributed by atoms with Gasteiger partial charge in [0.25, 0.3) is 5.91 Å². The van der Waals surface area contributed by atoms with E-state index in [1.807, 2.05) is 37.4 Å². The first kappa shape index (κ1) is 18.1. The Kier molecular flexibility index (Phi) is 4.79. The number of rotatable bonds is 4. The fraction of sp³-hybridized carbons (Fsp3) is 0.0909. The van der Waals surface area contributed by atoms with Gasteiger partial charge in [0.1, 0.15) is 5.82 Å². The van der Waals surface area contributed by atoms with Crippen LogP contribution in [0.1, 0.15) is 21.7 Å². The quantitative estimate of drug-likeness (QED) is 0.419. The van der Waals surface area contributed by atoms with Gasteiger partial charge in [-0.1, -0.05) is 6.07 Å². The van der Waals surface area contributed by atoms with Gasteiger partial charge in [-0.2, -0.15) is 0 Å². The number of nitrogens with zero attached hydrogens (tertiary/aromatic N) is 2. The standard InChI is InChI=1S/C22H17FN2O2S/c1-14-10-15(2)12-18(11-14)25(21(26)20-4-3-9-27-20)22-24-19(13-28-22)16-5-7-17(23)8-6-16/h3-13H,1-2H3.